The monoisotopic (exact) mass is 302 g/mol. The van der Waals surface area contributed by atoms with Crippen LogP contribution in [0.1, 0.15) is 66.2 Å². The molecule has 4 heteroatoms. The lowest BCUT2D eigenvalue weighted by molar-refractivity contribution is -0.121. The minimum absolute atomic E-state index is 0.00150. The topological polar surface area (TPSA) is 37.3 Å². The Morgan fingerprint density at radius 3 is 2.33 bits per heavy atom. The number of rotatable bonds is 6. The van der Waals surface area contributed by atoms with Gasteiger partial charge < -0.3 is 5.11 Å². The predicted octanol–water partition coefficient (Wildman–Crippen LogP) is 5.29. The molecule has 1 unspecified atom stereocenters. The minimum atomic E-state index is -2.85. The highest BCUT2D eigenvalue weighted by Gasteiger charge is 2.31. The van der Waals surface area contributed by atoms with Gasteiger partial charge in [0.15, 0.2) is 5.78 Å². The lowest BCUT2D eigenvalue weighted by Gasteiger charge is -2.34. The maximum atomic E-state index is 13.1. The molecule has 0 aromatic heterocycles. The Bertz CT molecular complexity index is 384. The van der Waals surface area contributed by atoms with Crippen molar-refractivity contribution in [2.45, 2.75) is 72.1 Å². The minimum Gasteiger partial charge on any atom is -0.512 e. The van der Waals surface area contributed by atoms with Crippen LogP contribution in [-0.4, -0.2) is 16.8 Å². The molecule has 122 valence electrons. The van der Waals surface area contributed by atoms with Crippen LogP contribution in [0.5, 0.6) is 0 Å². The van der Waals surface area contributed by atoms with Gasteiger partial charge in [-0.25, -0.2) is 8.78 Å². The third-order valence-electron chi connectivity index (χ3n) is 4.55. The van der Waals surface area contributed by atoms with Gasteiger partial charge in [0.2, 0.25) is 5.92 Å². The molecule has 1 atom stereocenters. The SMILES string of the molecule is CCC(CC(C)(F)F)C(=O)/C=C(\O)C1CCC(C)(C)CC1. The molecule has 1 aliphatic rings. The lowest BCUT2D eigenvalue weighted by Crippen LogP contribution is -2.24. The van der Waals surface area contributed by atoms with Crippen molar-refractivity contribution in [1.82, 2.24) is 0 Å². The molecular formula is C17H28F2O2. The molecule has 0 heterocycles. The Morgan fingerprint density at radius 1 is 1.38 bits per heavy atom. The molecule has 2 nitrogen and oxygen atoms in total. The van der Waals surface area contributed by atoms with Gasteiger partial charge in [-0.2, -0.15) is 0 Å². The average Bonchev–Trinajstić information content (AvgIpc) is 2.34. The van der Waals surface area contributed by atoms with E-state index in [4.69, 9.17) is 0 Å². The predicted molar refractivity (Wildman–Crippen MR) is 80.5 cm³/mol. The number of ketones is 1. The number of hydrogen-bond donors (Lipinski definition) is 1. The van der Waals surface area contributed by atoms with Crippen LogP contribution in [0.15, 0.2) is 11.8 Å². The highest BCUT2D eigenvalue weighted by Crippen LogP contribution is 2.40. The van der Waals surface area contributed by atoms with E-state index in [1.807, 2.05) is 0 Å². The summed E-state index contributed by atoms with van der Waals surface area (Å²) in [4.78, 5) is 12.1. The van der Waals surface area contributed by atoms with Crippen LogP contribution in [0.25, 0.3) is 0 Å². The molecule has 1 rings (SSSR count). The molecular weight excluding hydrogens is 274 g/mol. The van der Waals surface area contributed by atoms with E-state index < -0.39 is 18.3 Å². The number of alkyl halides is 2. The fourth-order valence-electron chi connectivity index (χ4n) is 2.96. The number of aliphatic hydroxyl groups excluding tert-OH is 1. The van der Waals surface area contributed by atoms with E-state index in [0.717, 1.165) is 32.6 Å². The summed E-state index contributed by atoms with van der Waals surface area (Å²) in [6, 6.07) is 0. The summed E-state index contributed by atoms with van der Waals surface area (Å²) in [5.74, 6) is -3.86. The molecule has 1 aliphatic carbocycles. The van der Waals surface area contributed by atoms with Crippen molar-refractivity contribution < 1.29 is 18.7 Å². The Hall–Kier alpha value is -0.930. The van der Waals surface area contributed by atoms with Gasteiger partial charge in [-0.15, -0.1) is 0 Å². The summed E-state index contributed by atoms with van der Waals surface area (Å²) in [6.07, 6.45) is 4.82. The van der Waals surface area contributed by atoms with Crippen molar-refractivity contribution >= 4 is 5.78 Å². The second-order valence-corrected chi connectivity index (χ2v) is 7.29. The van der Waals surface area contributed by atoms with Crippen molar-refractivity contribution in [2.24, 2.45) is 17.3 Å². The summed E-state index contributed by atoms with van der Waals surface area (Å²) < 4.78 is 26.1. The first-order chi connectivity index (χ1) is 9.54. The molecule has 1 N–H and O–H groups in total. The Kier molecular flexibility index (Phi) is 5.94. The van der Waals surface area contributed by atoms with Gasteiger partial charge in [0.1, 0.15) is 0 Å². The molecule has 21 heavy (non-hydrogen) atoms. The number of allylic oxidation sites excluding steroid dienone is 2. The van der Waals surface area contributed by atoms with Crippen LogP contribution in [0.3, 0.4) is 0 Å². The molecule has 1 fully saturated rings. The Labute approximate surface area is 126 Å². The van der Waals surface area contributed by atoms with Crippen LogP contribution in [0.4, 0.5) is 8.78 Å². The van der Waals surface area contributed by atoms with Crippen LogP contribution < -0.4 is 0 Å². The van der Waals surface area contributed by atoms with Crippen LogP contribution in [-0.2, 0) is 4.79 Å². The number of hydrogen-bond acceptors (Lipinski definition) is 2. The van der Waals surface area contributed by atoms with Crippen LogP contribution in [0, 0.1) is 17.3 Å². The third kappa shape index (κ3) is 6.15. The summed E-state index contributed by atoms with van der Waals surface area (Å²) >= 11 is 0. The molecule has 0 aromatic rings. The van der Waals surface area contributed by atoms with Crippen LogP contribution in [0.2, 0.25) is 0 Å². The van der Waals surface area contributed by atoms with Crippen molar-refractivity contribution in [3.8, 4) is 0 Å². The fraction of sp³-hybridized carbons (Fsp3) is 0.824. The summed E-state index contributed by atoms with van der Waals surface area (Å²) in [7, 11) is 0. The number of carbonyl (C=O) groups is 1. The quantitative estimate of drug-likeness (QED) is 0.535. The molecule has 0 spiro atoms. The van der Waals surface area contributed by atoms with E-state index >= 15 is 0 Å². The Morgan fingerprint density at radius 2 is 1.90 bits per heavy atom. The van der Waals surface area contributed by atoms with Gasteiger partial charge in [-0.05, 0) is 44.4 Å². The lowest BCUT2D eigenvalue weighted by atomic mass is 9.72. The molecule has 0 aromatic carbocycles. The van der Waals surface area contributed by atoms with Gasteiger partial charge >= 0.3 is 0 Å². The third-order valence-corrected chi connectivity index (χ3v) is 4.55. The highest BCUT2D eigenvalue weighted by atomic mass is 19.3. The van der Waals surface area contributed by atoms with E-state index in [1.54, 1.807) is 6.92 Å². The number of carbonyl (C=O) groups excluding carboxylic acids is 1. The zero-order valence-electron chi connectivity index (χ0n) is 13.6. The molecule has 0 amide bonds. The molecule has 0 bridgehead atoms. The van der Waals surface area contributed by atoms with Crippen molar-refractivity contribution in [2.75, 3.05) is 0 Å². The summed E-state index contributed by atoms with van der Waals surface area (Å²) in [6.45, 7) is 6.95. The molecule has 0 aliphatic heterocycles. The van der Waals surface area contributed by atoms with E-state index in [0.29, 0.717) is 6.42 Å². The smallest absolute Gasteiger partial charge is 0.246 e. The second-order valence-electron chi connectivity index (χ2n) is 7.29. The maximum absolute atomic E-state index is 13.1. The standard InChI is InChI=1S/C17H28F2O2/c1-5-12(11-17(4,18)19)14(20)10-15(21)13-6-8-16(2,3)9-7-13/h10,12-13,21H,5-9,11H2,1-4H3/b15-10-. The number of aliphatic hydroxyl groups is 1. The highest BCUT2D eigenvalue weighted by molar-refractivity contribution is 5.92. The van der Waals surface area contributed by atoms with E-state index in [2.05, 4.69) is 13.8 Å². The fourth-order valence-corrected chi connectivity index (χ4v) is 2.96. The zero-order valence-corrected chi connectivity index (χ0v) is 13.6. The maximum Gasteiger partial charge on any atom is 0.246 e. The Balaban J connectivity index is 2.66. The molecule has 0 radical (unpaired) electrons. The zero-order chi connectivity index (χ0) is 16.3. The van der Waals surface area contributed by atoms with Crippen LogP contribution >= 0.6 is 0 Å². The first-order valence-corrected chi connectivity index (χ1v) is 7.86. The first kappa shape index (κ1) is 18.1. The van der Waals surface area contributed by atoms with Crippen molar-refractivity contribution in [3.63, 3.8) is 0 Å². The van der Waals surface area contributed by atoms with Gasteiger partial charge in [0.25, 0.3) is 0 Å². The molecule has 0 saturated heterocycles. The van der Waals surface area contributed by atoms with Gasteiger partial charge in [0.05, 0.1) is 5.76 Å². The largest absolute Gasteiger partial charge is 0.512 e. The molecule has 1 saturated carbocycles. The van der Waals surface area contributed by atoms with Gasteiger partial charge in [-0.3, -0.25) is 4.79 Å². The van der Waals surface area contributed by atoms with E-state index in [1.165, 1.54) is 6.08 Å². The van der Waals surface area contributed by atoms with Crippen molar-refractivity contribution in [1.29, 1.82) is 0 Å². The summed E-state index contributed by atoms with van der Waals surface area (Å²) in [5, 5.41) is 10.1. The summed E-state index contributed by atoms with van der Waals surface area (Å²) in [5.41, 5.74) is 0.289. The first-order valence-electron chi connectivity index (χ1n) is 7.86. The van der Waals surface area contributed by atoms with Gasteiger partial charge in [0, 0.05) is 24.3 Å². The normalized spacial score (nSPS) is 22.1. The number of halogens is 2. The second kappa shape index (κ2) is 6.89. The average molecular weight is 302 g/mol. The van der Waals surface area contributed by atoms with Gasteiger partial charge in [-0.1, -0.05) is 20.8 Å². The van der Waals surface area contributed by atoms with Crippen molar-refractivity contribution in [3.05, 3.63) is 11.8 Å². The van der Waals surface area contributed by atoms with E-state index in [9.17, 15) is 18.7 Å². The van der Waals surface area contributed by atoms with E-state index in [-0.39, 0.29) is 22.9 Å².